The number of halogens is 3. The van der Waals surface area contributed by atoms with E-state index in [0.29, 0.717) is 32.7 Å². The van der Waals surface area contributed by atoms with Gasteiger partial charge in [0.15, 0.2) is 0 Å². The number of carbonyl (C=O) groups is 1. The van der Waals surface area contributed by atoms with Crippen LogP contribution in [0.5, 0.6) is 0 Å². The highest BCUT2D eigenvalue weighted by Gasteiger charge is 2.32. The number of rotatable bonds is 4. The van der Waals surface area contributed by atoms with Gasteiger partial charge in [-0.25, -0.2) is 4.79 Å². The molecule has 7 heteroatoms. The van der Waals surface area contributed by atoms with Crippen molar-refractivity contribution in [3.8, 4) is 0 Å². The third-order valence-electron chi connectivity index (χ3n) is 3.86. The van der Waals surface area contributed by atoms with Gasteiger partial charge in [-0.1, -0.05) is 19.1 Å². The molecule has 1 atom stereocenters. The highest BCUT2D eigenvalue weighted by atomic mass is 19.4. The molecule has 0 bridgehead atoms. The lowest BCUT2D eigenvalue weighted by molar-refractivity contribution is -0.146. The maximum absolute atomic E-state index is 12.6. The molecule has 1 aliphatic rings. The molecule has 0 amide bonds. The van der Waals surface area contributed by atoms with E-state index in [-0.39, 0.29) is 11.5 Å². The predicted molar refractivity (Wildman–Crippen MR) is 80.3 cm³/mol. The summed E-state index contributed by atoms with van der Waals surface area (Å²) < 4.78 is 37.7. The van der Waals surface area contributed by atoms with Gasteiger partial charge < -0.3 is 5.11 Å². The number of alkyl halides is 3. The number of hydrogen-bond donors (Lipinski definition) is 1. The molecule has 0 aromatic heterocycles. The van der Waals surface area contributed by atoms with Gasteiger partial charge in [0, 0.05) is 32.7 Å². The Morgan fingerprint density at radius 2 is 1.91 bits per heavy atom. The molecule has 1 aromatic rings. The normalized spacial score (nSPS) is 21.1. The Hall–Kier alpha value is -1.60. The summed E-state index contributed by atoms with van der Waals surface area (Å²) in [5.74, 6) is -0.852. The van der Waals surface area contributed by atoms with E-state index in [1.807, 2.05) is 13.0 Å². The van der Waals surface area contributed by atoms with Gasteiger partial charge in [-0.3, -0.25) is 9.80 Å². The van der Waals surface area contributed by atoms with Crippen LogP contribution in [0, 0.1) is 5.92 Å². The maximum Gasteiger partial charge on any atom is 0.401 e. The van der Waals surface area contributed by atoms with Gasteiger partial charge in [-0.05, 0) is 23.6 Å². The molecule has 1 saturated heterocycles. The number of carboxylic acid groups (broad SMARTS) is 1. The number of benzene rings is 1. The van der Waals surface area contributed by atoms with Crippen molar-refractivity contribution in [2.24, 2.45) is 5.92 Å². The first-order valence-corrected chi connectivity index (χ1v) is 7.56. The van der Waals surface area contributed by atoms with Crippen LogP contribution < -0.4 is 0 Å². The molecule has 0 aliphatic carbocycles. The average Bonchev–Trinajstić information content (AvgIpc) is 2.58. The zero-order valence-corrected chi connectivity index (χ0v) is 13.0. The molecule has 1 unspecified atom stereocenters. The van der Waals surface area contributed by atoms with Crippen LogP contribution in [-0.2, 0) is 6.54 Å². The molecule has 128 valence electrons. The Kier molecular flexibility index (Phi) is 5.64. The fourth-order valence-electron chi connectivity index (χ4n) is 3.01. The summed E-state index contributed by atoms with van der Waals surface area (Å²) in [6.45, 7) is 3.64. The van der Waals surface area contributed by atoms with Gasteiger partial charge in [-0.2, -0.15) is 13.2 Å². The zero-order valence-electron chi connectivity index (χ0n) is 13.0. The Morgan fingerprint density at radius 1 is 1.26 bits per heavy atom. The van der Waals surface area contributed by atoms with E-state index in [1.165, 1.54) is 11.0 Å². The van der Waals surface area contributed by atoms with Crippen LogP contribution in [0.4, 0.5) is 13.2 Å². The second-order valence-electron chi connectivity index (χ2n) is 6.20. The van der Waals surface area contributed by atoms with Gasteiger partial charge in [0.25, 0.3) is 0 Å². The third kappa shape index (κ3) is 5.84. The Bertz CT molecular complexity index is 548. The van der Waals surface area contributed by atoms with E-state index in [4.69, 9.17) is 5.11 Å². The maximum atomic E-state index is 12.6. The highest BCUT2D eigenvalue weighted by Crippen LogP contribution is 2.20. The minimum absolute atomic E-state index is 0.127. The molecule has 0 saturated carbocycles. The fourth-order valence-corrected chi connectivity index (χ4v) is 3.01. The fraction of sp³-hybridized carbons (Fsp3) is 0.562. The summed E-state index contributed by atoms with van der Waals surface area (Å²) in [4.78, 5) is 14.5. The van der Waals surface area contributed by atoms with Crippen LogP contribution in [0.15, 0.2) is 24.3 Å². The van der Waals surface area contributed by atoms with Crippen LogP contribution in [0.2, 0.25) is 0 Å². The SMILES string of the molecule is CC1CN(Cc2cccc(C(=O)O)c2)CCN(CC(F)(F)F)C1. The number of aromatic carboxylic acids is 1. The average molecular weight is 330 g/mol. The standard InChI is InChI=1S/C16H21F3N2O2/c1-12-8-20(5-6-21(9-12)11-16(17,18)19)10-13-3-2-4-14(7-13)15(22)23/h2-4,7,12H,5-6,8-11H2,1H3,(H,22,23). The lowest BCUT2D eigenvalue weighted by atomic mass is 10.1. The van der Waals surface area contributed by atoms with E-state index in [2.05, 4.69) is 4.90 Å². The minimum Gasteiger partial charge on any atom is -0.478 e. The van der Waals surface area contributed by atoms with Crippen LogP contribution in [0.25, 0.3) is 0 Å². The topological polar surface area (TPSA) is 43.8 Å². The molecule has 4 nitrogen and oxygen atoms in total. The van der Waals surface area contributed by atoms with Gasteiger partial charge in [0.2, 0.25) is 0 Å². The zero-order chi connectivity index (χ0) is 17.0. The van der Waals surface area contributed by atoms with Crippen molar-refractivity contribution in [1.82, 2.24) is 9.80 Å². The Morgan fingerprint density at radius 3 is 2.57 bits per heavy atom. The largest absolute Gasteiger partial charge is 0.478 e. The minimum atomic E-state index is -4.18. The second-order valence-corrected chi connectivity index (χ2v) is 6.20. The first kappa shape index (κ1) is 17.7. The van der Waals surface area contributed by atoms with E-state index in [0.717, 1.165) is 5.56 Å². The first-order valence-electron chi connectivity index (χ1n) is 7.56. The Balaban J connectivity index is 1.99. The monoisotopic (exact) mass is 330 g/mol. The molecule has 0 spiro atoms. The molecule has 1 aromatic carbocycles. The van der Waals surface area contributed by atoms with E-state index in [1.54, 1.807) is 12.1 Å². The summed E-state index contributed by atoms with van der Waals surface area (Å²) >= 11 is 0. The molecule has 2 rings (SSSR count). The van der Waals surface area contributed by atoms with Crippen molar-refractivity contribution >= 4 is 5.97 Å². The van der Waals surface area contributed by atoms with Crippen molar-refractivity contribution in [3.63, 3.8) is 0 Å². The predicted octanol–water partition coefficient (Wildman–Crippen LogP) is 2.70. The van der Waals surface area contributed by atoms with Crippen molar-refractivity contribution in [2.45, 2.75) is 19.6 Å². The second kappa shape index (κ2) is 7.31. The third-order valence-corrected chi connectivity index (χ3v) is 3.86. The van der Waals surface area contributed by atoms with Gasteiger partial charge in [0.05, 0.1) is 12.1 Å². The summed E-state index contributed by atoms with van der Waals surface area (Å²) in [5, 5.41) is 9.02. The van der Waals surface area contributed by atoms with Gasteiger partial charge >= 0.3 is 12.1 Å². The molecule has 1 N–H and O–H groups in total. The number of hydrogen-bond acceptors (Lipinski definition) is 3. The highest BCUT2D eigenvalue weighted by molar-refractivity contribution is 5.87. The van der Waals surface area contributed by atoms with Crippen molar-refractivity contribution in [1.29, 1.82) is 0 Å². The Labute approximate surface area is 133 Å². The summed E-state index contributed by atoms with van der Waals surface area (Å²) in [6.07, 6.45) is -4.18. The van der Waals surface area contributed by atoms with E-state index >= 15 is 0 Å². The van der Waals surface area contributed by atoms with Crippen LogP contribution in [-0.4, -0.2) is 59.8 Å². The number of carboxylic acids is 1. The molecule has 1 aliphatic heterocycles. The lowest BCUT2D eigenvalue weighted by Crippen LogP contribution is -2.37. The van der Waals surface area contributed by atoms with E-state index in [9.17, 15) is 18.0 Å². The van der Waals surface area contributed by atoms with Crippen molar-refractivity contribution < 1.29 is 23.1 Å². The summed E-state index contributed by atoms with van der Waals surface area (Å²) in [6, 6.07) is 6.68. The van der Waals surface area contributed by atoms with Gasteiger partial charge in [0.1, 0.15) is 0 Å². The summed E-state index contributed by atoms with van der Waals surface area (Å²) in [5.41, 5.74) is 1.09. The van der Waals surface area contributed by atoms with Gasteiger partial charge in [-0.15, -0.1) is 0 Å². The van der Waals surface area contributed by atoms with Crippen LogP contribution >= 0.6 is 0 Å². The van der Waals surface area contributed by atoms with Crippen LogP contribution in [0.1, 0.15) is 22.8 Å². The smallest absolute Gasteiger partial charge is 0.401 e. The lowest BCUT2D eigenvalue weighted by Gasteiger charge is -2.22. The molecule has 1 fully saturated rings. The molecule has 0 radical (unpaired) electrons. The molecule has 1 heterocycles. The molecule has 23 heavy (non-hydrogen) atoms. The number of nitrogens with zero attached hydrogens (tertiary/aromatic N) is 2. The molecular formula is C16H21F3N2O2. The first-order chi connectivity index (χ1) is 10.7. The summed E-state index contributed by atoms with van der Waals surface area (Å²) in [7, 11) is 0. The molecular weight excluding hydrogens is 309 g/mol. The van der Waals surface area contributed by atoms with Crippen molar-refractivity contribution in [3.05, 3.63) is 35.4 Å². The van der Waals surface area contributed by atoms with Crippen LogP contribution in [0.3, 0.4) is 0 Å². The van der Waals surface area contributed by atoms with E-state index < -0.39 is 18.7 Å². The van der Waals surface area contributed by atoms with Crippen molar-refractivity contribution in [2.75, 3.05) is 32.7 Å². The quantitative estimate of drug-likeness (QED) is 0.922.